The zero-order chi connectivity index (χ0) is 16.4. The zero-order valence-electron chi connectivity index (χ0n) is 14.2. The third-order valence-electron chi connectivity index (χ3n) is 4.65. The number of carbonyl (C=O) groups is 1. The molecule has 1 fully saturated rings. The molecule has 0 saturated carbocycles. The van der Waals surface area contributed by atoms with Crippen molar-refractivity contribution in [1.82, 2.24) is 14.5 Å². The number of nitrogens with zero attached hydrogens (tertiary/aromatic N) is 3. The van der Waals surface area contributed by atoms with Crippen LogP contribution in [0.3, 0.4) is 0 Å². The predicted molar refractivity (Wildman–Crippen MR) is 92.1 cm³/mol. The highest BCUT2D eigenvalue weighted by atomic mass is 16.2. The molecule has 0 aliphatic carbocycles. The Kier molecular flexibility index (Phi) is 4.51. The second-order valence-corrected chi connectivity index (χ2v) is 6.67. The van der Waals surface area contributed by atoms with Crippen LogP contribution in [0.25, 0.3) is 11.4 Å². The van der Waals surface area contributed by atoms with E-state index in [9.17, 15) is 4.79 Å². The van der Waals surface area contributed by atoms with Crippen LogP contribution in [-0.4, -0.2) is 33.4 Å². The van der Waals surface area contributed by atoms with Gasteiger partial charge in [-0.3, -0.25) is 4.79 Å². The second-order valence-electron chi connectivity index (χ2n) is 6.67. The van der Waals surface area contributed by atoms with Crippen molar-refractivity contribution < 1.29 is 4.79 Å². The van der Waals surface area contributed by atoms with Crippen molar-refractivity contribution in [2.45, 2.75) is 39.7 Å². The smallest absolute Gasteiger partial charge is 0.225 e. The first-order valence-corrected chi connectivity index (χ1v) is 8.46. The van der Waals surface area contributed by atoms with Gasteiger partial charge in [-0.2, -0.15) is 0 Å². The molecule has 1 amide bonds. The van der Waals surface area contributed by atoms with Crippen LogP contribution in [0.4, 0.5) is 0 Å². The summed E-state index contributed by atoms with van der Waals surface area (Å²) in [6.07, 6.45) is 3.94. The maximum atomic E-state index is 12.2. The SMILES string of the molecule is Cc1cnc(-c2ccccc2)n1C1CCN(C(=O)C(C)C)CC1. The number of aromatic nitrogens is 2. The highest BCUT2D eigenvalue weighted by molar-refractivity contribution is 5.78. The maximum Gasteiger partial charge on any atom is 0.225 e. The van der Waals surface area contributed by atoms with Gasteiger partial charge in [0.05, 0.1) is 0 Å². The lowest BCUT2D eigenvalue weighted by Gasteiger charge is -2.34. The fraction of sp³-hybridized carbons (Fsp3) is 0.474. The summed E-state index contributed by atoms with van der Waals surface area (Å²) in [5.41, 5.74) is 2.35. The Morgan fingerprint density at radius 2 is 1.83 bits per heavy atom. The minimum absolute atomic E-state index is 0.0846. The molecule has 1 saturated heterocycles. The van der Waals surface area contributed by atoms with Gasteiger partial charge in [0.15, 0.2) is 0 Å². The van der Waals surface area contributed by atoms with Crippen LogP contribution in [0, 0.1) is 12.8 Å². The summed E-state index contributed by atoms with van der Waals surface area (Å²) in [6, 6.07) is 10.8. The summed E-state index contributed by atoms with van der Waals surface area (Å²) in [4.78, 5) is 18.8. The van der Waals surface area contributed by atoms with Gasteiger partial charge in [-0.25, -0.2) is 4.98 Å². The van der Waals surface area contributed by atoms with Crippen LogP contribution >= 0.6 is 0 Å². The Hall–Kier alpha value is -2.10. The number of benzene rings is 1. The number of carbonyl (C=O) groups excluding carboxylic acids is 1. The van der Waals surface area contributed by atoms with Crippen LogP contribution in [0.5, 0.6) is 0 Å². The molecule has 1 aliphatic heterocycles. The van der Waals surface area contributed by atoms with Crippen LogP contribution in [0.1, 0.15) is 38.4 Å². The van der Waals surface area contributed by atoms with Gasteiger partial charge in [0.2, 0.25) is 5.91 Å². The molecule has 4 heteroatoms. The molecule has 0 atom stereocenters. The normalized spacial score (nSPS) is 16.1. The molecule has 1 aromatic heterocycles. The second kappa shape index (κ2) is 6.57. The van der Waals surface area contributed by atoms with Gasteiger partial charge in [0, 0.05) is 42.5 Å². The molecular weight excluding hydrogens is 286 g/mol. The van der Waals surface area contributed by atoms with Crippen molar-refractivity contribution in [1.29, 1.82) is 0 Å². The number of hydrogen-bond acceptors (Lipinski definition) is 2. The number of hydrogen-bond donors (Lipinski definition) is 0. The van der Waals surface area contributed by atoms with Crippen LogP contribution < -0.4 is 0 Å². The molecule has 0 N–H and O–H groups in total. The van der Waals surface area contributed by atoms with E-state index in [1.165, 1.54) is 5.69 Å². The van der Waals surface area contributed by atoms with E-state index in [1.807, 2.05) is 43.1 Å². The first-order valence-electron chi connectivity index (χ1n) is 8.46. The first-order chi connectivity index (χ1) is 11.1. The van der Waals surface area contributed by atoms with Crippen LogP contribution in [0.2, 0.25) is 0 Å². The van der Waals surface area contributed by atoms with Gasteiger partial charge in [0.1, 0.15) is 5.82 Å². The molecular formula is C19H25N3O. The summed E-state index contributed by atoms with van der Waals surface area (Å²) < 4.78 is 2.35. The number of piperidine rings is 1. The largest absolute Gasteiger partial charge is 0.342 e. The number of rotatable bonds is 3. The highest BCUT2D eigenvalue weighted by Crippen LogP contribution is 2.30. The van der Waals surface area contributed by atoms with E-state index in [4.69, 9.17) is 0 Å². The van der Waals surface area contributed by atoms with E-state index in [0.29, 0.717) is 6.04 Å². The molecule has 1 aliphatic rings. The van der Waals surface area contributed by atoms with E-state index in [-0.39, 0.29) is 11.8 Å². The van der Waals surface area contributed by atoms with Gasteiger partial charge in [-0.1, -0.05) is 44.2 Å². The zero-order valence-corrected chi connectivity index (χ0v) is 14.2. The Morgan fingerprint density at radius 1 is 1.17 bits per heavy atom. The van der Waals surface area contributed by atoms with Gasteiger partial charge in [0.25, 0.3) is 0 Å². The lowest BCUT2D eigenvalue weighted by atomic mass is 10.0. The minimum Gasteiger partial charge on any atom is -0.342 e. The number of aryl methyl sites for hydroxylation is 1. The summed E-state index contributed by atoms with van der Waals surface area (Å²) in [7, 11) is 0. The molecule has 1 aromatic carbocycles. The molecule has 0 spiro atoms. The summed E-state index contributed by atoms with van der Waals surface area (Å²) in [5.74, 6) is 1.40. The fourth-order valence-electron chi connectivity index (χ4n) is 3.42. The van der Waals surface area contributed by atoms with E-state index in [0.717, 1.165) is 37.3 Å². The van der Waals surface area contributed by atoms with Crippen molar-refractivity contribution in [3.05, 3.63) is 42.2 Å². The maximum absolute atomic E-state index is 12.2. The van der Waals surface area contributed by atoms with Crippen molar-refractivity contribution in [3.8, 4) is 11.4 Å². The average molecular weight is 311 g/mol. The Labute approximate surface area is 138 Å². The summed E-state index contributed by atoms with van der Waals surface area (Å²) >= 11 is 0. The van der Waals surface area contributed by atoms with Gasteiger partial charge in [-0.15, -0.1) is 0 Å². The molecule has 23 heavy (non-hydrogen) atoms. The van der Waals surface area contributed by atoms with E-state index in [1.54, 1.807) is 0 Å². The van der Waals surface area contributed by atoms with Crippen molar-refractivity contribution in [2.75, 3.05) is 13.1 Å². The fourth-order valence-corrected chi connectivity index (χ4v) is 3.42. The van der Waals surface area contributed by atoms with E-state index < -0.39 is 0 Å². The van der Waals surface area contributed by atoms with Gasteiger partial charge >= 0.3 is 0 Å². The monoisotopic (exact) mass is 311 g/mol. The Morgan fingerprint density at radius 3 is 2.43 bits per heavy atom. The number of likely N-dealkylation sites (tertiary alicyclic amines) is 1. The standard InChI is InChI=1S/C19H25N3O/c1-14(2)19(23)21-11-9-17(10-12-21)22-15(3)13-20-18(22)16-7-5-4-6-8-16/h4-8,13-14,17H,9-12H2,1-3H3. The van der Waals surface area contributed by atoms with E-state index in [2.05, 4.69) is 28.6 Å². The summed E-state index contributed by atoms with van der Waals surface area (Å²) in [6.45, 7) is 7.75. The van der Waals surface area contributed by atoms with Crippen molar-refractivity contribution >= 4 is 5.91 Å². The Balaban J connectivity index is 1.79. The first kappa shape index (κ1) is 15.8. The molecule has 0 bridgehead atoms. The topological polar surface area (TPSA) is 38.1 Å². The van der Waals surface area contributed by atoms with Crippen LogP contribution in [-0.2, 0) is 4.79 Å². The third-order valence-corrected chi connectivity index (χ3v) is 4.65. The average Bonchev–Trinajstić information content (AvgIpc) is 2.96. The molecule has 122 valence electrons. The molecule has 0 radical (unpaired) electrons. The van der Waals surface area contributed by atoms with Gasteiger partial charge in [-0.05, 0) is 19.8 Å². The Bertz CT molecular complexity index is 667. The highest BCUT2D eigenvalue weighted by Gasteiger charge is 2.27. The molecule has 0 unspecified atom stereocenters. The van der Waals surface area contributed by atoms with Crippen molar-refractivity contribution in [3.63, 3.8) is 0 Å². The lowest BCUT2D eigenvalue weighted by molar-refractivity contribution is -0.135. The third kappa shape index (κ3) is 3.16. The number of amides is 1. The summed E-state index contributed by atoms with van der Waals surface area (Å²) in [5, 5.41) is 0. The van der Waals surface area contributed by atoms with E-state index >= 15 is 0 Å². The predicted octanol–water partition coefficient (Wildman–Crippen LogP) is 3.68. The van der Waals surface area contributed by atoms with Gasteiger partial charge < -0.3 is 9.47 Å². The molecule has 2 heterocycles. The molecule has 4 nitrogen and oxygen atoms in total. The lowest BCUT2D eigenvalue weighted by Crippen LogP contribution is -2.41. The number of imidazole rings is 1. The molecule has 2 aromatic rings. The quantitative estimate of drug-likeness (QED) is 0.867. The molecule has 3 rings (SSSR count). The minimum atomic E-state index is 0.0846. The van der Waals surface area contributed by atoms with Crippen molar-refractivity contribution in [2.24, 2.45) is 5.92 Å². The van der Waals surface area contributed by atoms with Crippen LogP contribution in [0.15, 0.2) is 36.5 Å².